The van der Waals surface area contributed by atoms with Crippen molar-refractivity contribution in [3.05, 3.63) is 39.8 Å². The maximum absolute atomic E-state index is 12.2. The molecule has 3 rings (SSSR count). The van der Waals surface area contributed by atoms with Gasteiger partial charge in [-0.15, -0.1) is 11.3 Å². The van der Waals surface area contributed by atoms with Gasteiger partial charge in [0.15, 0.2) is 0 Å². The van der Waals surface area contributed by atoms with Crippen molar-refractivity contribution in [2.45, 2.75) is 26.7 Å². The van der Waals surface area contributed by atoms with E-state index in [0.717, 1.165) is 42.6 Å². The van der Waals surface area contributed by atoms with Crippen LogP contribution in [0.1, 0.15) is 22.0 Å². The smallest absolute Gasteiger partial charge is 0.224 e. The molecule has 1 aromatic carbocycles. The number of thiazole rings is 1. The average Bonchev–Trinajstić information content (AvgIpc) is 2.93. The van der Waals surface area contributed by atoms with Crippen LogP contribution in [0.2, 0.25) is 0 Å². The maximum Gasteiger partial charge on any atom is 0.224 e. The highest BCUT2D eigenvalue weighted by Crippen LogP contribution is 2.20. The summed E-state index contributed by atoms with van der Waals surface area (Å²) in [5.74, 6) is 0.0397. The van der Waals surface area contributed by atoms with E-state index in [4.69, 9.17) is 0 Å². The van der Waals surface area contributed by atoms with Gasteiger partial charge in [-0.3, -0.25) is 4.79 Å². The number of anilines is 2. The molecule has 0 atom stereocenters. The zero-order valence-corrected chi connectivity index (χ0v) is 16.0. The summed E-state index contributed by atoms with van der Waals surface area (Å²) in [4.78, 5) is 22.6. The lowest BCUT2D eigenvalue weighted by Gasteiger charge is -2.34. The maximum atomic E-state index is 12.2. The topological polar surface area (TPSA) is 48.5 Å². The molecule has 0 radical (unpaired) electrons. The number of hydrogen-bond acceptors (Lipinski definition) is 5. The van der Waals surface area contributed by atoms with E-state index in [2.05, 4.69) is 46.2 Å². The second-order valence-electron chi connectivity index (χ2n) is 6.63. The van der Waals surface area contributed by atoms with Crippen LogP contribution < -0.4 is 10.2 Å². The number of rotatable bonds is 5. The van der Waals surface area contributed by atoms with Crippen LogP contribution in [-0.4, -0.2) is 49.0 Å². The molecule has 0 unspecified atom stereocenters. The minimum Gasteiger partial charge on any atom is -0.369 e. The first-order valence-corrected chi connectivity index (χ1v) is 9.59. The predicted octanol–water partition coefficient (Wildman–Crippen LogP) is 3.08. The Hall–Kier alpha value is -1.92. The SMILES string of the molecule is Cc1nc(CCC(=O)Nc2ccc(N3CCN(C)CC3)cc2)sc1C. The summed E-state index contributed by atoms with van der Waals surface area (Å²) in [6.07, 6.45) is 1.16. The number of hydrogen-bond donors (Lipinski definition) is 1. The summed E-state index contributed by atoms with van der Waals surface area (Å²) in [6, 6.07) is 8.16. The molecular weight excluding hydrogens is 332 g/mol. The standard InChI is InChI=1S/C19H26N4OS/c1-14-15(2)25-19(20-14)9-8-18(24)21-16-4-6-17(7-5-16)23-12-10-22(3)11-13-23/h4-7H,8-13H2,1-3H3,(H,21,24). The highest BCUT2D eigenvalue weighted by molar-refractivity contribution is 7.11. The average molecular weight is 359 g/mol. The van der Waals surface area contributed by atoms with Crippen LogP contribution in [0.5, 0.6) is 0 Å². The van der Waals surface area contributed by atoms with Gasteiger partial charge in [0.05, 0.1) is 10.7 Å². The molecule has 1 amide bonds. The summed E-state index contributed by atoms with van der Waals surface area (Å²) in [6.45, 7) is 8.36. The Morgan fingerprint density at radius 2 is 1.84 bits per heavy atom. The molecule has 1 N–H and O–H groups in total. The van der Waals surface area contributed by atoms with Gasteiger partial charge in [0, 0.05) is 55.3 Å². The van der Waals surface area contributed by atoms with Crippen molar-refractivity contribution in [3.8, 4) is 0 Å². The molecule has 2 heterocycles. The fraction of sp³-hybridized carbons (Fsp3) is 0.474. The van der Waals surface area contributed by atoms with Crippen LogP contribution in [0.15, 0.2) is 24.3 Å². The van der Waals surface area contributed by atoms with Crippen molar-refractivity contribution >= 4 is 28.6 Å². The molecule has 1 aliphatic rings. The Labute approximate surface area is 153 Å². The number of carbonyl (C=O) groups excluding carboxylic acids is 1. The summed E-state index contributed by atoms with van der Waals surface area (Å²) in [5.41, 5.74) is 3.15. The monoisotopic (exact) mass is 358 g/mol. The Kier molecular flexibility index (Phi) is 5.71. The Morgan fingerprint density at radius 1 is 1.16 bits per heavy atom. The van der Waals surface area contributed by atoms with Crippen LogP contribution in [0.4, 0.5) is 11.4 Å². The van der Waals surface area contributed by atoms with Gasteiger partial charge in [0.2, 0.25) is 5.91 Å². The Morgan fingerprint density at radius 3 is 2.44 bits per heavy atom. The third-order valence-electron chi connectivity index (χ3n) is 4.66. The van der Waals surface area contributed by atoms with Gasteiger partial charge < -0.3 is 15.1 Å². The lowest BCUT2D eigenvalue weighted by Crippen LogP contribution is -2.44. The van der Waals surface area contributed by atoms with Crippen LogP contribution in [0, 0.1) is 13.8 Å². The van der Waals surface area contributed by atoms with E-state index in [9.17, 15) is 4.79 Å². The van der Waals surface area contributed by atoms with E-state index in [0.29, 0.717) is 12.8 Å². The zero-order valence-electron chi connectivity index (χ0n) is 15.2. The first kappa shape index (κ1) is 17.9. The van der Waals surface area contributed by atoms with Crippen molar-refractivity contribution in [1.82, 2.24) is 9.88 Å². The quantitative estimate of drug-likeness (QED) is 0.892. The third-order valence-corrected chi connectivity index (χ3v) is 5.79. The van der Waals surface area contributed by atoms with Crippen molar-refractivity contribution in [2.24, 2.45) is 0 Å². The number of piperazine rings is 1. The molecule has 0 saturated carbocycles. The molecule has 134 valence electrons. The summed E-state index contributed by atoms with van der Waals surface area (Å²) in [5, 5.41) is 4.02. The van der Waals surface area contributed by atoms with Crippen molar-refractivity contribution < 1.29 is 4.79 Å². The number of likely N-dealkylation sites (N-methyl/N-ethyl adjacent to an activating group) is 1. The molecule has 1 aromatic heterocycles. The largest absolute Gasteiger partial charge is 0.369 e. The second-order valence-corrected chi connectivity index (χ2v) is 7.92. The highest BCUT2D eigenvalue weighted by atomic mass is 32.1. The number of aryl methyl sites for hydroxylation is 3. The third kappa shape index (κ3) is 4.80. The fourth-order valence-corrected chi connectivity index (χ4v) is 3.84. The molecule has 1 aliphatic heterocycles. The van der Waals surface area contributed by atoms with Gasteiger partial charge in [-0.1, -0.05) is 0 Å². The molecule has 0 aliphatic carbocycles. The normalized spacial score (nSPS) is 15.4. The van der Waals surface area contributed by atoms with Gasteiger partial charge in [-0.05, 0) is 45.2 Å². The highest BCUT2D eigenvalue weighted by Gasteiger charge is 2.14. The second kappa shape index (κ2) is 7.97. The van der Waals surface area contributed by atoms with Crippen LogP contribution in [0.25, 0.3) is 0 Å². The van der Waals surface area contributed by atoms with Crippen LogP contribution in [-0.2, 0) is 11.2 Å². The first-order chi connectivity index (χ1) is 12.0. The van der Waals surface area contributed by atoms with E-state index < -0.39 is 0 Å². The fourth-order valence-electron chi connectivity index (χ4n) is 2.91. The first-order valence-electron chi connectivity index (χ1n) is 8.77. The molecule has 1 saturated heterocycles. The minimum atomic E-state index is 0.0397. The van der Waals surface area contributed by atoms with E-state index in [1.54, 1.807) is 11.3 Å². The number of nitrogens with one attached hydrogen (secondary N) is 1. The Bertz CT molecular complexity index is 698. The van der Waals surface area contributed by atoms with Gasteiger partial charge in [-0.25, -0.2) is 4.98 Å². The zero-order chi connectivity index (χ0) is 17.8. The van der Waals surface area contributed by atoms with Gasteiger partial charge in [0.1, 0.15) is 0 Å². The minimum absolute atomic E-state index is 0.0397. The molecule has 0 bridgehead atoms. The van der Waals surface area contributed by atoms with Crippen molar-refractivity contribution in [2.75, 3.05) is 43.4 Å². The molecular formula is C19H26N4OS. The number of benzene rings is 1. The van der Waals surface area contributed by atoms with E-state index >= 15 is 0 Å². The van der Waals surface area contributed by atoms with Gasteiger partial charge in [-0.2, -0.15) is 0 Å². The summed E-state index contributed by atoms with van der Waals surface area (Å²) >= 11 is 1.68. The summed E-state index contributed by atoms with van der Waals surface area (Å²) in [7, 11) is 2.16. The van der Waals surface area contributed by atoms with E-state index in [1.165, 1.54) is 10.6 Å². The lowest BCUT2D eigenvalue weighted by atomic mass is 10.2. The lowest BCUT2D eigenvalue weighted by molar-refractivity contribution is -0.116. The number of carbonyl (C=O) groups is 1. The van der Waals surface area contributed by atoms with Gasteiger partial charge in [0.25, 0.3) is 0 Å². The van der Waals surface area contributed by atoms with Crippen LogP contribution in [0.3, 0.4) is 0 Å². The van der Waals surface area contributed by atoms with Crippen LogP contribution >= 0.6 is 11.3 Å². The molecule has 6 heteroatoms. The molecule has 25 heavy (non-hydrogen) atoms. The molecule has 0 spiro atoms. The van der Waals surface area contributed by atoms with Gasteiger partial charge >= 0.3 is 0 Å². The van der Waals surface area contributed by atoms with E-state index in [-0.39, 0.29) is 5.91 Å². The molecule has 1 fully saturated rings. The summed E-state index contributed by atoms with van der Waals surface area (Å²) < 4.78 is 0. The molecule has 2 aromatic rings. The number of amides is 1. The van der Waals surface area contributed by atoms with E-state index in [1.807, 2.05) is 19.1 Å². The van der Waals surface area contributed by atoms with Crippen molar-refractivity contribution in [1.29, 1.82) is 0 Å². The predicted molar refractivity (Wildman–Crippen MR) is 105 cm³/mol. The number of aromatic nitrogens is 1. The Balaban J connectivity index is 1.49. The molecule has 5 nitrogen and oxygen atoms in total. The number of nitrogens with zero attached hydrogens (tertiary/aromatic N) is 3. The van der Waals surface area contributed by atoms with Crippen molar-refractivity contribution in [3.63, 3.8) is 0 Å².